The minimum atomic E-state index is -0.675. The largest absolute Gasteiger partial charge is 0.398 e. The van der Waals surface area contributed by atoms with Crippen LogP contribution in [-0.2, 0) is 0 Å². The number of hydrogen-bond donors (Lipinski definition) is 2. The molecule has 0 saturated heterocycles. The maximum Gasteiger partial charge on any atom is 0.255 e. The molecule has 1 amide bonds. The molecular weight excluding hydrogens is 286 g/mol. The van der Waals surface area contributed by atoms with Crippen LogP contribution in [0.15, 0.2) is 30.3 Å². The molecule has 2 aromatic carbocycles. The third kappa shape index (κ3) is 2.88. The summed E-state index contributed by atoms with van der Waals surface area (Å²) in [5.74, 6) is -1.92. The Morgan fingerprint density at radius 2 is 1.90 bits per heavy atom. The van der Waals surface area contributed by atoms with Crippen molar-refractivity contribution in [1.82, 2.24) is 0 Å². The van der Waals surface area contributed by atoms with E-state index in [-0.39, 0.29) is 27.5 Å². The highest BCUT2D eigenvalue weighted by molar-refractivity contribution is 6.30. The van der Waals surface area contributed by atoms with E-state index < -0.39 is 17.5 Å². The molecule has 0 bridgehead atoms. The zero-order valence-corrected chi connectivity index (χ0v) is 11.3. The van der Waals surface area contributed by atoms with Crippen molar-refractivity contribution in [2.45, 2.75) is 6.92 Å². The average Bonchev–Trinajstić information content (AvgIpc) is 2.38. The van der Waals surface area contributed by atoms with E-state index >= 15 is 0 Å². The smallest absolute Gasteiger partial charge is 0.255 e. The van der Waals surface area contributed by atoms with Crippen LogP contribution in [-0.4, -0.2) is 5.91 Å². The van der Waals surface area contributed by atoms with E-state index in [4.69, 9.17) is 17.3 Å². The highest BCUT2D eigenvalue weighted by Crippen LogP contribution is 2.21. The molecule has 104 valence electrons. The molecule has 0 saturated carbocycles. The van der Waals surface area contributed by atoms with E-state index in [0.29, 0.717) is 0 Å². The molecule has 0 heterocycles. The van der Waals surface area contributed by atoms with Gasteiger partial charge in [-0.3, -0.25) is 4.79 Å². The van der Waals surface area contributed by atoms with Crippen molar-refractivity contribution in [2.75, 3.05) is 11.1 Å². The molecule has 2 rings (SSSR count). The molecule has 6 heteroatoms. The molecule has 0 aliphatic rings. The van der Waals surface area contributed by atoms with E-state index in [9.17, 15) is 13.6 Å². The maximum absolute atomic E-state index is 13.6. The van der Waals surface area contributed by atoms with Gasteiger partial charge in [0.15, 0.2) is 0 Å². The molecule has 20 heavy (non-hydrogen) atoms. The van der Waals surface area contributed by atoms with Gasteiger partial charge in [0.1, 0.15) is 11.6 Å². The van der Waals surface area contributed by atoms with Crippen LogP contribution in [0.5, 0.6) is 0 Å². The lowest BCUT2D eigenvalue weighted by Gasteiger charge is -2.09. The van der Waals surface area contributed by atoms with Crippen molar-refractivity contribution in [3.63, 3.8) is 0 Å². The summed E-state index contributed by atoms with van der Waals surface area (Å²) < 4.78 is 27.1. The fourth-order valence-electron chi connectivity index (χ4n) is 1.62. The Hall–Kier alpha value is -2.14. The standard InChI is InChI=1S/C14H11ClF2N2O/c1-7-10(16)4-8(5-12(7)18)14(20)19-13-3-2-9(15)6-11(13)17/h2-6H,18H2,1H3,(H,19,20). The molecule has 0 aliphatic heterocycles. The van der Waals surface area contributed by atoms with E-state index in [1.807, 2.05) is 0 Å². The molecule has 3 N–H and O–H groups in total. The first kappa shape index (κ1) is 14.3. The van der Waals surface area contributed by atoms with Gasteiger partial charge < -0.3 is 11.1 Å². The minimum absolute atomic E-state index is 0.0138. The van der Waals surface area contributed by atoms with Crippen LogP contribution >= 0.6 is 11.6 Å². The second-order valence-electron chi connectivity index (χ2n) is 4.25. The van der Waals surface area contributed by atoms with Crippen LogP contribution in [0.4, 0.5) is 20.2 Å². The summed E-state index contributed by atoms with van der Waals surface area (Å²) >= 11 is 5.61. The Bertz CT molecular complexity index is 666. The van der Waals surface area contributed by atoms with Crippen molar-refractivity contribution in [3.05, 3.63) is 58.1 Å². The van der Waals surface area contributed by atoms with E-state index in [1.165, 1.54) is 25.1 Å². The quantitative estimate of drug-likeness (QED) is 0.829. The SMILES string of the molecule is Cc1c(N)cc(C(=O)Nc2ccc(Cl)cc2F)cc1F. The summed E-state index contributed by atoms with van der Waals surface area (Å²) in [7, 11) is 0. The second kappa shape index (κ2) is 5.46. The first-order chi connectivity index (χ1) is 9.38. The zero-order chi connectivity index (χ0) is 14.9. The lowest BCUT2D eigenvalue weighted by molar-refractivity contribution is 0.102. The summed E-state index contributed by atoms with van der Waals surface area (Å²) in [6, 6.07) is 6.21. The predicted molar refractivity (Wildman–Crippen MR) is 74.9 cm³/mol. The summed E-state index contributed by atoms with van der Waals surface area (Å²) in [5, 5.41) is 2.55. The summed E-state index contributed by atoms with van der Waals surface area (Å²) in [5.41, 5.74) is 5.98. The van der Waals surface area contributed by atoms with Gasteiger partial charge in [0.05, 0.1) is 5.69 Å². The first-order valence-corrected chi connectivity index (χ1v) is 6.08. The fraction of sp³-hybridized carbons (Fsp3) is 0.0714. The lowest BCUT2D eigenvalue weighted by Crippen LogP contribution is -2.14. The third-order valence-electron chi connectivity index (χ3n) is 2.83. The number of carbonyl (C=O) groups is 1. The van der Waals surface area contributed by atoms with Gasteiger partial charge in [-0.05, 0) is 37.3 Å². The van der Waals surface area contributed by atoms with Gasteiger partial charge in [-0.1, -0.05) is 11.6 Å². The topological polar surface area (TPSA) is 55.1 Å². The third-order valence-corrected chi connectivity index (χ3v) is 3.06. The summed E-state index contributed by atoms with van der Waals surface area (Å²) in [6.07, 6.45) is 0. The summed E-state index contributed by atoms with van der Waals surface area (Å²) in [6.45, 7) is 1.51. The monoisotopic (exact) mass is 296 g/mol. The molecule has 0 unspecified atom stereocenters. The van der Waals surface area contributed by atoms with Gasteiger partial charge >= 0.3 is 0 Å². The van der Waals surface area contributed by atoms with E-state index in [0.717, 1.165) is 12.1 Å². The molecule has 0 fully saturated rings. The van der Waals surface area contributed by atoms with Gasteiger partial charge in [0, 0.05) is 21.8 Å². The van der Waals surface area contributed by atoms with Crippen LogP contribution in [0.2, 0.25) is 5.02 Å². The number of benzene rings is 2. The molecule has 2 aromatic rings. The highest BCUT2D eigenvalue weighted by atomic mass is 35.5. The van der Waals surface area contributed by atoms with Gasteiger partial charge in [0.25, 0.3) is 5.91 Å². The number of hydrogen-bond acceptors (Lipinski definition) is 2. The van der Waals surface area contributed by atoms with Gasteiger partial charge in [-0.15, -0.1) is 0 Å². The van der Waals surface area contributed by atoms with Crippen LogP contribution < -0.4 is 11.1 Å². The number of anilines is 2. The number of rotatable bonds is 2. The Balaban J connectivity index is 2.28. The molecule has 0 aromatic heterocycles. The van der Waals surface area contributed by atoms with Crippen molar-refractivity contribution in [1.29, 1.82) is 0 Å². The Kier molecular flexibility index (Phi) is 3.90. The number of amides is 1. The average molecular weight is 297 g/mol. The Morgan fingerprint density at radius 3 is 2.50 bits per heavy atom. The number of halogens is 3. The normalized spacial score (nSPS) is 10.4. The van der Waals surface area contributed by atoms with Crippen LogP contribution in [0.25, 0.3) is 0 Å². The Labute approximate surface area is 119 Å². The molecule has 0 aliphatic carbocycles. The number of nitrogen functional groups attached to an aromatic ring is 1. The van der Waals surface area contributed by atoms with E-state index in [1.54, 1.807) is 0 Å². The second-order valence-corrected chi connectivity index (χ2v) is 4.69. The van der Waals surface area contributed by atoms with Crippen molar-refractivity contribution in [2.24, 2.45) is 0 Å². The number of nitrogens with one attached hydrogen (secondary N) is 1. The van der Waals surface area contributed by atoms with Crippen LogP contribution in [0.3, 0.4) is 0 Å². The van der Waals surface area contributed by atoms with Gasteiger partial charge in [-0.2, -0.15) is 0 Å². The van der Waals surface area contributed by atoms with Gasteiger partial charge in [-0.25, -0.2) is 8.78 Å². The van der Waals surface area contributed by atoms with Crippen LogP contribution in [0, 0.1) is 18.6 Å². The number of nitrogens with two attached hydrogens (primary N) is 1. The molecule has 3 nitrogen and oxygen atoms in total. The van der Waals surface area contributed by atoms with E-state index in [2.05, 4.69) is 5.32 Å². The minimum Gasteiger partial charge on any atom is -0.398 e. The number of carbonyl (C=O) groups excluding carboxylic acids is 1. The Morgan fingerprint density at radius 1 is 1.20 bits per heavy atom. The zero-order valence-electron chi connectivity index (χ0n) is 10.5. The van der Waals surface area contributed by atoms with Crippen molar-refractivity contribution < 1.29 is 13.6 Å². The lowest BCUT2D eigenvalue weighted by atomic mass is 10.1. The fourth-order valence-corrected chi connectivity index (χ4v) is 1.78. The highest BCUT2D eigenvalue weighted by Gasteiger charge is 2.13. The molecule has 0 radical (unpaired) electrons. The van der Waals surface area contributed by atoms with Gasteiger partial charge in [0.2, 0.25) is 0 Å². The molecule has 0 atom stereocenters. The maximum atomic E-state index is 13.6. The predicted octanol–water partition coefficient (Wildman–Crippen LogP) is 3.76. The van der Waals surface area contributed by atoms with Crippen LogP contribution in [0.1, 0.15) is 15.9 Å². The van der Waals surface area contributed by atoms with Crippen molar-refractivity contribution in [3.8, 4) is 0 Å². The first-order valence-electron chi connectivity index (χ1n) is 5.70. The van der Waals surface area contributed by atoms with Crippen molar-refractivity contribution >= 4 is 28.9 Å². The summed E-state index contributed by atoms with van der Waals surface area (Å²) in [4.78, 5) is 11.9. The molecule has 0 spiro atoms. The molecular formula is C14H11ClF2N2O.